The van der Waals surface area contributed by atoms with E-state index in [0.717, 1.165) is 92.4 Å². The van der Waals surface area contributed by atoms with E-state index < -0.39 is 11.0 Å². The van der Waals surface area contributed by atoms with E-state index in [2.05, 4.69) is 49.6 Å². The summed E-state index contributed by atoms with van der Waals surface area (Å²) in [6.07, 6.45) is 21.7. The van der Waals surface area contributed by atoms with Crippen LogP contribution in [0.25, 0.3) is 11.1 Å². The molecule has 0 aliphatic rings. The van der Waals surface area contributed by atoms with Crippen molar-refractivity contribution in [3.05, 3.63) is 89.0 Å². The fourth-order valence-electron chi connectivity index (χ4n) is 7.00. The zero-order valence-electron chi connectivity index (χ0n) is 38.1. The van der Waals surface area contributed by atoms with Gasteiger partial charge in [0.05, 0.1) is 22.6 Å². The first-order chi connectivity index (χ1) is 28.2. The lowest BCUT2D eigenvalue weighted by Crippen LogP contribution is -2.24. The molecule has 3 aromatic rings. The summed E-state index contributed by atoms with van der Waals surface area (Å²) < 4.78 is 19.8. The van der Waals surface area contributed by atoms with E-state index in [0.29, 0.717) is 17.8 Å². The molecule has 1 aromatic heterocycles. The number of benzene rings is 2. The molecular weight excluding hydrogens is 737 g/mol. The van der Waals surface area contributed by atoms with E-state index in [-0.39, 0.29) is 37.0 Å². The average Bonchev–Trinajstić information content (AvgIpc) is 3.52. The zero-order valence-corrected chi connectivity index (χ0v) is 38.1. The van der Waals surface area contributed by atoms with Crippen molar-refractivity contribution in [3.8, 4) is 11.1 Å². The van der Waals surface area contributed by atoms with Crippen LogP contribution in [-0.4, -0.2) is 33.1 Å². The number of hydrogen-bond donors (Lipinski definition) is 0. The minimum atomic E-state index is -0.677. The molecule has 0 amide bonds. The Balaban J connectivity index is 1.82. The SMILES string of the molecule is CCCCCCCCC=CCCCC(CCCC)C(=O)OCc1nc(CCCC)n(Cc2ccc(-c3ccccc3C(=O)OC(C)(C)C)cc2)c1COC(=O)C(C)(C)C. The number of carbonyl (C=O) groups is 3. The molecule has 0 N–H and O–H groups in total. The molecule has 326 valence electrons. The number of allylic oxidation sites excluding steroid dienone is 2. The van der Waals surface area contributed by atoms with Gasteiger partial charge in [-0.15, -0.1) is 0 Å². The molecule has 1 heterocycles. The molecule has 2 aromatic carbocycles. The molecule has 0 bridgehead atoms. The predicted molar refractivity (Wildman–Crippen MR) is 240 cm³/mol. The third-order valence-electron chi connectivity index (χ3n) is 10.5. The number of unbranched alkanes of at least 4 members (excludes halogenated alkanes) is 9. The molecule has 0 fully saturated rings. The van der Waals surface area contributed by atoms with E-state index in [4.69, 9.17) is 19.2 Å². The highest BCUT2D eigenvalue weighted by Gasteiger charge is 2.27. The lowest BCUT2D eigenvalue weighted by atomic mass is 9.96. The number of aryl methyl sites for hydroxylation is 1. The molecule has 0 aliphatic heterocycles. The Morgan fingerprint density at radius 1 is 0.712 bits per heavy atom. The fraction of sp³-hybridized carbons (Fsp3) is 0.608. The van der Waals surface area contributed by atoms with Gasteiger partial charge in [0.15, 0.2) is 0 Å². The smallest absolute Gasteiger partial charge is 0.339 e. The van der Waals surface area contributed by atoms with Gasteiger partial charge in [-0.2, -0.15) is 0 Å². The van der Waals surface area contributed by atoms with E-state index in [1.165, 1.54) is 38.5 Å². The van der Waals surface area contributed by atoms with E-state index in [9.17, 15) is 14.4 Å². The number of hydrogen-bond acceptors (Lipinski definition) is 7. The Morgan fingerprint density at radius 2 is 1.34 bits per heavy atom. The Labute approximate surface area is 356 Å². The third-order valence-corrected chi connectivity index (χ3v) is 10.5. The second kappa shape index (κ2) is 25.4. The van der Waals surface area contributed by atoms with E-state index >= 15 is 0 Å². The van der Waals surface area contributed by atoms with Crippen LogP contribution in [0.4, 0.5) is 0 Å². The van der Waals surface area contributed by atoms with Gasteiger partial charge in [-0.3, -0.25) is 9.59 Å². The van der Waals surface area contributed by atoms with Crippen LogP contribution in [0.5, 0.6) is 0 Å². The molecular formula is C51H76N2O6. The maximum absolute atomic E-state index is 13.7. The Hall–Kier alpha value is -4.20. The summed E-state index contributed by atoms with van der Waals surface area (Å²) in [5.74, 6) is -0.142. The van der Waals surface area contributed by atoms with Crippen molar-refractivity contribution in [1.82, 2.24) is 9.55 Å². The number of carbonyl (C=O) groups excluding carboxylic acids is 3. The lowest BCUT2D eigenvalue weighted by molar-refractivity contribution is -0.155. The number of aromatic nitrogens is 2. The minimum Gasteiger partial charge on any atom is -0.459 e. The highest BCUT2D eigenvalue weighted by molar-refractivity contribution is 5.97. The van der Waals surface area contributed by atoms with Crippen molar-refractivity contribution in [2.45, 2.75) is 190 Å². The Kier molecular flexibility index (Phi) is 21.2. The highest BCUT2D eigenvalue weighted by Crippen LogP contribution is 2.28. The summed E-state index contributed by atoms with van der Waals surface area (Å²) in [5, 5.41) is 0. The van der Waals surface area contributed by atoms with Gasteiger partial charge in [-0.1, -0.05) is 127 Å². The van der Waals surface area contributed by atoms with Gasteiger partial charge in [0, 0.05) is 13.0 Å². The van der Waals surface area contributed by atoms with Gasteiger partial charge < -0.3 is 18.8 Å². The van der Waals surface area contributed by atoms with Gasteiger partial charge in [0.2, 0.25) is 0 Å². The van der Waals surface area contributed by atoms with E-state index in [1.807, 2.05) is 71.9 Å². The number of imidazole rings is 1. The normalized spacial score (nSPS) is 12.5. The van der Waals surface area contributed by atoms with Crippen LogP contribution in [0.15, 0.2) is 60.7 Å². The largest absolute Gasteiger partial charge is 0.459 e. The van der Waals surface area contributed by atoms with Gasteiger partial charge in [0.1, 0.15) is 30.3 Å². The van der Waals surface area contributed by atoms with Crippen LogP contribution in [0.2, 0.25) is 0 Å². The second-order valence-corrected chi connectivity index (χ2v) is 18.1. The molecule has 59 heavy (non-hydrogen) atoms. The van der Waals surface area contributed by atoms with Crippen molar-refractivity contribution < 1.29 is 28.6 Å². The first-order valence-corrected chi connectivity index (χ1v) is 22.7. The number of nitrogens with zero attached hydrogens (tertiary/aromatic N) is 2. The van der Waals surface area contributed by atoms with Crippen molar-refractivity contribution in [2.75, 3.05) is 0 Å². The fourth-order valence-corrected chi connectivity index (χ4v) is 7.00. The number of rotatable bonds is 26. The molecule has 0 spiro atoms. The standard InChI is InChI=1S/C51H76N2O6/c1-10-13-16-17-18-19-20-21-22-23-24-28-41(27-14-11-2)47(54)57-37-44-45(38-58-49(56)50(4,5)6)53(46(52-44)31-15-12-3)36-39-32-34-40(35-33-39)42-29-25-26-30-43(42)48(55)59-51(7,8)9/h21-22,25-26,29-30,32-35,41H,10-20,23-24,27-28,31,36-38H2,1-9H3. The maximum atomic E-state index is 13.7. The first-order valence-electron chi connectivity index (χ1n) is 22.7. The molecule has 1 atom stereocenters. The van der Waals surface area contributed by atoms with Crippen molar-refractivity contribution in [1.29, 1.82) is 0 Å². The molecule has 8 nitrogen and oxygen atoms in total. The quantitative estimate of drug-likeness (QED) is 0.0345. The number of esters is 3. The molecule has 0 aliphatic carbocycles. The van der Waals surface area contributed by atoms with Crippen LogP contribution in [-0.2, 0) is 50.0 Å². The van der Waals surface area contributed by atoms with Crippen molar-refractivity contribution in [2.24, 2.45) is 11.3 Å². The highest BCUT2D eigenvalue weighted by atomic mass is 16.6. The molecule has 8 heteroatoms. The van der Waals surface area contributed by atoms with Crippen LogP contribution >= 0.6 is 0 Å². The van der Waals surface area contributed by atoms with Crippen molar-refractivity contribution in [3.63, 3.8) is 0 Å². The van der Waals surface area contributed by atoms with Crippen LogP contribution in [0.3, 0.4) is 0 Å². The van der Waals surface area contributed by atoms with Crippen molar-refractivity contribution >= 4 is 17.9 Å². The Morgan fingerprint density at radius 3 is 2.00 bits per heavy atom. The summed E-state index contributed by atoms with van der Waals surface area (Å²) >= 11 is 0. The summed E-state index contributed by atoms with van der Waals surface area (Å²) in [7, 11) is 0. The molecule has 0 saturated heterocycles. The second-order valence-electron chi connectivity index (χ2n) is 18.1. The average molecular weight is 813 g/mol. The topological polar surface area (TPSA) is 96.7 Å². The van der Waals surface area contributed by atoms with Gasteiger partial charge in [0.25, 0.3) is 0 Å². The Bertz CT molecular complexity index is 1740. The minimum absolute atomic E-state index is 0.0216. The molecule has 0 radical (unpaired) electrons. The molecule has 3 rings (SSSR count). The lowest BCUT2D eigenvalue weighted by Gasteiger charge is -2.20. The van der Waals surface area contributed by atoms with Crippen LogP contribution in [0, 0.1) is 11.3 Å². The van der Waals surface area contributed by atoms with E-state index in [1.54, 1.807) is 6.07 Å². The monoisotopic (exact) mass is 813 g/mol. The summed E-state index contributed by atoms with van der Waals surface area (Å²) in [6.45, 7) is 18.2. The van der Waals surface area contributed by atoms with Crippen LogP contribution < -0.4 is 0 Å². The molecule has 0 saturated carbocycles. The number of ether oxygens (including phenoxy) is 3. The van der Waals surface area contributed by atoms with Gasteiger partial charge in [-0.25, -0.2) is 9.78 Å². The van der Waals surface area contributed by atoms with Gasteiger partial charge in [-0.05, 0) is 109 Å². The van der Waals surface area contributed by atoms with Gasteiger partial charge >= 0.3 is 17.9 Å². The first kappa shape index (κ1) is 49.2. The maximum Gasteiger partial charge on any atom is 0.339 e. The summed E-state index contributed by atoms with van der Waals surface area (Å²) in [4.78, 5) is 44.9. The third kappa shape index (κ3) is 17.5. The predicted octanol–water partition coefficient (Wildman–Crippen LogP) is 13.3. The summed E-state index contributed by atoms with van der Waals surface area (Å²) in [6, 6.07) is 15.6. The van der Waals surface area contributed by atoms with Crippen LogP contribution in [0.1, 0.15) is 192 Å². The zero-order chi connectivity index (χ0) is 43.3. The molecule has 1 unspecified atom stereocenters. The summed E-state index contributed by atoms with van der Waals surface area (Å²) in [5.41, 5.74) is 3.32.